The summed E-state index contributed by atoms with van der Waals surface area (Å²) in [6.45, 7) is 4.10. The lowest BCUT2D eigenvalue weighted by atomic mass is 9.99. The van der Waals surface area contributed by atoms with Crippen LogP contribution in [0.15, 0.2) is 30.3 Å². The molecule has 0 aromatic heterocycles. The molecule has 3 nitrogen and oxygen atoms in total. The second-order valence-corrected chi connectivity index (χ2v) is 4.52. The molecule has 1 aromatic rings. The number of nitrogens with zero attached hydrogens (tertiary/aromatic N) is 1. The fourth-order valence-electron chi connectivity index (χ4n) is 1.84. The number of carbonyl (C=O) groups is 1. The summed E-state index contributed by atoms with van der Waals surface area (Å²) >= 11 is 0. The molecular formula is C15H20N2O. The molecule has 0 aliphatic carbocycles. The largest absolute Gasteiger partial charge is 0.352 e. The third kappa shape index (κ3) is 4.21. The predicted octanol–water partition coefficient (Wildman–Crippen LogP) is 2.99. The molecule has 1 amide bonds. The van der Waals surface area contributed by atoms with Crippen LogP contribution in [-0.2, 0) is 4.79 Å². The first-order valence-corrected chi connectivity index (χ1v) is 6.44. The summed E-state index contributed by atoms with van der Waals surface area (Å²) in [4.78, 5) is 12.0. The van der Waals surface area contributed by atoms with Crippen molar-refractivity contribution >= 4 is 5.91 Å². The van der Waals surface area contributed by atoms with Gasteiger partial charge in [0.05, 0.1) is 6.07 Å². The summed E-state index contributed by atoms with van der Waals surface area (Å²) in [7, 11) is 0. The van der Waals surface area contributed by atoms with Gasteiger partial charge in [-0.25, -0.2) is 0 Å². The van der Waals surface area contributed by atoms with Gasteiger partial charge in [0.15, 0.2) is 0 Å². The van der Waals surface area contributed by atoms with Crippen molar-refractivity contribution in [1.29, 1.82) is 5.26 Å². The minimum atomic E-state index is -0.713. The van der Waals surface area contributed by atoms with Gasteiger partial charge in [0, 0.05) is 6.04 Å². The average molecular weight is 244 g/mol. The van der Waals surface area contributed by atoms with Crippen molar-refractivity contribution in [2.75, 3.05) is 0 Å². The maximum absolute atomic E-state index is 12.0. The van der Waals surface area contributed by atoms with Gasteiger partial charge in [0.1, 0.15) is 5.92 Å². The minimum absolute atomic E-state index is 0.122. The van der Waals surface area contributed by atoms with E-state index in [0.717, 1.165) is 24.8 Å². The SMILES string of the molecule is CCCCC(C)NC(=O)C(C#N)c1ccccc1. The lowest BCUT2D eigenvalue weighted by molar-refractivity contribution is -0.122. The molecule has 1 aromatic carbocycles. The van der Waals surface area contributed by atoms with Gasteiger partial charge in [0.25, 0.3) is 0 Å². The molecule has 3 heteroatoms. The molecule has 0 saturated heterocycles. The Labute approximate surface area is 109 Å². The van der Waals surface area contributed by atoms with Crippen LogP contribution in [0.1, 0.15) is 44.6 Å². The summed E-state index contributed by atoms with van der Waals surface area (Å²) in [5.74, 6) is -0.914. The molecule has 2 unspecified atom stereocenters. The Morgan fingerprint density at radius 1 is 1.39 bits per heavy atom. The van der Waals surface area contributed by atoms with Gasteiger partial charge in [-0.3, -0.25) is 4.79 Å². The first kappa shape index (κ1) is 14.2. The molecule has 18 heavy (non-hydrogen) atoms. The van der Waals surface area contributed by atoms with Crippen molar-refractivity contribution in [1.82, 2.24) is 5.32 Å². The Morgan fingerprint density at radius 3 is 2.61 bits per heavy atom. The van der Waals surface area contributed by atoms with Crippen LogP contribution in [0, 0.1) is 11.3 Å². The number of nitriles is 1. The van der Waals surface area contributed by atoms with E-state index in [2.05, 4.69) is 18.3 Å². The number of amides is 1. The normalized spacial score (nSPS) is 13.4. The van der Waals surface area contributed by atoms with E-state index in [-0.39, 0.29) is 11.9 Å². The number of carbonyl (C=O) groups excluding carboxylic acids is 1. The van der Waals surface area contributed by atoms with Gasteiger partial charge in [-0.2, -0.15) is 5.26 Å². The van der Waals surface area contributed by atoms with Gasteiger partial charge in [-0.15, -0.1) is 0 Å². The summed E-state index contributed by atoms with van der Waals surface area (Å²) in [5, 5.41) is 12.0. The lowest BCUT2D eigenvalue weighted by Gasteiger charge is -2.16. The molecule has 0 radical (unpaired) electrons. The molecule has 0 saturated carbocycles. The maximum Gasteiger partial charge on any atom is 0.242 e. The molecule has 0 bridgehead atoms. The Hall–Kier alpha value is -1.82. The zero-order valence-corrected chi connectivity index (χ0v) is 11.0. The maximum atomic E-state index is 12.0. The quantitative estimate of drug-likeness (QED) is 0.836. The van der Waals surface area contributed by atoms with E-state index >= 15 is 0 Å². The molecule has 1 rings (SSSR count). The number of hydrogen-bond donors (Lipinski definition) is 1. The third-order valence-electron chi connectivity index (χ3n) is 2.90. The molecule has 0 heterocycles. The summed E-state index contributed by atoms with van der Waals surface area (Å²) in [6.07, 6.45) is 3.15. The van der Waals surface area contributed by atoms with E-state index < -0.39 is 5.92 Å². The standard InChI is InChI=1S/C15H20N2O/c1-3-4-8-12(2)17-15(18)14(11-16)13-9-6-5-7-10-13/h5-7,9-10,12,14H,3-4,8H2,1-2H3,(H,17,18). The van der Waals surface area contributed by atoms with E-state index in [1.54, 1.807) is 0 Å². The van der Waals surface area contributed by atoms with Gasteiger partial charge >= 0.3 is 0 Å². The first-order valence-electron chi connectivity index (χ1n) is 6.44. The topological polar surface area (TPSA) is 52.9 Å². The third-order valence-corrected chi connectivity index (χ3v) is 2.90. The second-order valence-electron chi connectivity index (χ2n) is 4.52. The Morgan fingerprint density at radius 2 is 2.06 bits per heavy atom. The van der Waals surface area contributed by atoms with Crippen LogP contribution in [0.5, 0.6) is 0 Å². The molecule has 0 aliphatic heterocycles. The van der Waals surface area contributed by atoms with Crippen molar-refractivity contribution in [2.24, 2.45) is 0 Å². The van der Waals surface area contributed by atoms with Crippen molar-refractivity contribution in [3.8, 4) is 6.07 Å². The highest BCUT2D eigenvalue weighted by atomic mass is 16.1. The number of hydrogen-bond acceptors (Lipinski definition) is 2. The van der Waals surface area contributed by atoms with Crippen LogP contribution in [0.2, 0.25) is 0 Å². The molecule has 0 aliphatic rings. The fourth-order valence-corrected chi connectivity index (χ4v) is 1.84. The Kier molecular flexibility index (Phi) is 5.93. The lowest BCUT2D eigenvalue weighted by Crippen LogP contribution is -2.35. The summed E-state index contributed by atoms with van der Waals surface area (Å²) in [5.41, 5.74) is 0.750. The van der Waals surface area contributed by atoms with Crippen LogP contribution in [0.3, 0.4) is 0 Å². The average Bonchev–Trinajstić information content (AvgIpc) is 2.38. The zero-order valence-electron chi connectivity index (χ0n) is 11.0. The van der Waals surface area contributed by atoms with Gasteiger partial charge in [-0.1, -0.05) is 50.1 Å². The molecule has 0 spiro atoms. The first-order chi connectivity index (χ1) is 8.69. The summed E-state index contributed by atoms with van der Waals surface area (Å²) < 4.78 is 0. The van der Waals surface area contributed by atoms with Crippen LogP contribution in [-0.4, -0.2) is 11.9 Å². The highest BCUT2D eigenvalue weighted by Crippen LogP contribution is 2.15. The van der Waals surface area contributed by atoms with E-state index in [1.165, 1.54) is 0 Å². The number of benzene rings is 1. The number of rotatable bonds is 6. The van der Waals surface area contributed by atoms with Gasteiger partial charge in [0.2, 0.25) is 5.91 Å². The Bertz CT molecular complexity index is 408. The van der Waals surface area contributed by atoms with Crippen molar-refractivity contribution < 1.29 is 4.79 Å². The van der Waals surface area contributed by atoms with Crippen LogP contribution in [0.25, 0.3) is 0 Å². The summed E-state index contributed by atoms with van der Waals surface area (Å²) in [6, 6.07) is 11.4. The smallest absolute Gasteiger partial charge is 0.242 e. The second kappa shape index (κ2) is 7.50. The van der Waals surface area contributed by atoms with Crippen LogP contribution >= 0.6 is 0 Å². The Balaban J connectivity index is 2.62. The minimum Gasteiger partial charge on any atom is -0.352 e. The monoisotopic (exact) mass is 244 g/mol. The van der Waals surface area contributed by atoms with Crippen molar-refractivity contribution in [3.63, 3.8) is 0 Å². The number of unbranched alkanes of at least 4 members (excludes halogenated alkanes) is 1. The molecule has 0 fully saturated rings. The van der Waals surface area contributed by atoms with Gasteiger partial charge < -0.3 is 5.32 Å². The van der Waals surface area contributed by atoms with Crippen molar-refractivity contribution in [2.45, 2.75) is 45.1 Å². The predicted molar refractivity (Wildman–Crippen MR) is 71.9 cm³/mol. The van der Waals surface area contributed by atoms with E-state index in [1.807, 2.05) is 37.3 Å². The van der Waals surface area contributed by atoms with Crippen molar-refractivity contribution in [3.05, 3.63) is 35.9 Å². The molecular weight excluding hydrogens is 224 g/mol. The van der Waals surface area contributed by atoms with E-state index in [9.17, 15) is 4.79 Å². The van der Waals surface area contributed by atoms with E-state index in [0.29, 0.717) is 0 Å². The molecule has 1 N–H and O–H groups in total. The fraction of sp³-hybridized carbons (Fsp3) is 0.467. The highest BCUT2D eigenvalue weighted by molar-refractivity contribution is 5.86. The van der Waals surface area contributed by atoms with Gasteiger partial charge in [-0.05, 0) is 18.9 Å². The van der Waals surface area contributed by atoms with E-state index in [4.69, 9.17) is 5.26 Å². The van der Waals surface area contributed by atoms with Crippen LogP contribution < -0.4 is 5.32 Å². The molecule has 2 atom stereocenters. The number of nitrogens with one attached hydrogen (secondary N) is 1. The molecule has 96 valence electrons. The highest BCUT2D eigenvalue weighted by Gasteiger charge is 2.20. The van der Waals surface area contributed by atoms with Crippen LogP contribution in [0.4, 0.5) is 0 Å². The zero-order chi connectivity index (χ0) is 13.4.